The minimum absolute atomic E-state index is 0.0209. The van der Waals surface area contributed by atoms with Gasteiger partial charge in [0.15, 0.2) is 0 Å². The summed E-state index contributed by atoms with van der Waals surface area (Å²) in [5.74, 6) is -0.119. The van der Waals surface area contributed by atoms with Gasteiger partial charge in [-0.1, -0.05) is 18.2 Å². The Bertz CT molecular complexity index is 799. The Labute approximate surface area is 154 Å². The molecular weight excluding hydrogens is 326 g/mol. The van der Waals surface area contributed by atoms with Gasteiger partial charge in [-0.2, -0.15) is 0 Å². The topological polar surface area (TPSA) is 61.4 Å². The molecule has 1 aliphatic rings. The third-order valence-electron chi connectivity index (χ3n) is 4.69. The average Bonchev–Trinajstić information content (AvgIpc) is 3.09. The number of likely N-dealkylation sites (N-methyl/N-ethyl adjacent to an activating group) is 1. The molecule has 0 unspecified atom stereocenters. The fourth-order valence-electron chi connectivity index (χ4n) is 3.37. The molecule has 3 rings (SSSR count). The number of nitrogens with one attached hydrogen (secondary N) is 2. The summed E-state index contributed by atoms with van der Waals surface area (Å²) >= 11 is 0. The van der Waals surface area contributed by atoms with Crippen LogP contribution in [0.5, 0.6) is 0 Å². The van der Waals surface area contributed by atoms with Gasteiger partial charge in [-0.25, -0.2) is 0 Å². The molecule has 2 amide bonds. The van der Waals surface area contributed by atoms with E-state index in [9.17, 15) is 9.59 Å². The van der Waals surface area contributed by atoms with Gasteiger partial charge in [-0.05, 0) is 67.3 Å². The van der Waals surface area contributed by atoms with Crippen LogP contribution in [0.25, 0.3) is 0 Å². The normalized spacial score (nSPS) is 12.7. The van der Waals surface area contributed by atoms with Crippen molar-refractivity contribution in [3.05, 3.63) is 64.7 Å². The van der Waals surface area contributed by atoms with Gasteiger partial charge >= 0.3 is 0 Å². The summed E-state index contributed by atoms with van der Waals surface area (Å²) in [5, 5.41) is 5.59. The Morgan fingerprint density at radius 2 is 1.77 bits per heavy atom. The molecule has 0 radical (unpaired) electrons. The smallest absolute Gasteiger partial charge is 0.251 e. The molecule has 0 saturated heterocycles. The van der Waals surface area contributed by atoms with Gasteiger partial charge in [0.2, 0.25) is 5.91 Å². The maximum Gasteiger partial charge on any atom is 0.251 e. The minimum Gasteiger partial charge on any atom is -0.355 e. The molecule has 0 bridgehead atoms. The maximum absolute atomic E-state index is 12.3. The zero-order valence-electron chi connectivity index (χ0n) is 15.3. The molecular formula is C21H25N3O2. The van der Waals surface area contributed by atoms with Crippen LogP contribution in [-0.4, -0.2) is 37.4 Å². The number of fused-ring (bicyclic) bond motifs is 1. The Balaban J connectivity index is 1.52. The number of carbonyl (C=O) groups is 2. The van der Waals surface area contributed by atoms with Crippen LogP contribution in [0.4, 0.5) is 5.69 Å². The largest absolute Gasteiger partial charge is 0.355 e. The number of carbonyl (C=O) groups excluding carboxylic acids is 2. The van der Waals surface area contributed by atoms with E-state index in [0.717, 1.165) is 24.1 Å². The quantitative estimate of drug-likeness (QED) is 0.841. The fraction of sp³-hybridized carbons (Fsp3) is 0.333. The Kier molecular flexibility index (Phi) is 5.68. The minimum atomic E-state index is -0.0985. The zero-order chi connectivity index (χ0) is 18.5. The predicted octanol–water partition coefficient (Wildman–Crippen LogP) is 2.61. The van der Waals surface area contributed by atoms with Crippen LogP contribution in [0.15, 0.2) is 42.5 Å². The first kappa shape index (κ1) is 18.1. The van der Waals surface area contributed by atoms with Crippen molar-refractivity contribution in [3.8, 4) is 0 Å². The van der Waals surface area contributed by atoms with Crippen LogP contribution in [0, 0.1) is 0 Å². The van der Waals surface area contributed by atoms with E-state index in [1.165, 1.54) is 17.5 Å². The highest BCUT2D eigenvalue weighted by Gasteiger charge is 2.13. The first-order valence-electron chi connectivity index (χ1n) is 8.96. The van der Waals surface area contributed by atoms with Crippen molar-refractivity contribution in [2.75, 3.05) is 26.0 Å². The summed E-state index contributed by atoms with van der Waals surface area (Å²) in [7, 11) is 3.53. The summed E-state index contributed by atoms with van der Waals surface area (Å²) in [6, 6.07) is 13.6. The highest BCUT2D eigenvalue weighted by molar-refractivity contribution is 5.94. The number of nitrogens with zero attached hydrogens (tertiary/aromatic N) is 1. The van der Waals surface area contributed by atoms with E-state index in [1.807, 2.05) is 30.1 Å². The van der Waals surface area contributed by atoms with Crippen molar-refractivity contribution >= 4 is 17.5 Å². The fourth-order valence-corrected chi connectivity index (χ4v) is 3.37. The number of anilines is 1. The van der Waals surface area contributed by atoms with Gasteiger partial charge in [0.05, 0.1) is 6.54 Å². The lowest BCUT2D eigenvalue weighted by Crippen LogP contribution is -2.29. The standard InChI is InChI=1S/C21H25N3O2/c1-22-21(26)17-8-6-15(7-9-17)13-24(2)14-20(25)23-19-11-10-16-4-3-5-18(16)12-19/h6-12H,3-5,13-14H2,1-2H3,(H,22,26)(H,23,25). The van der Waals surface area contributed by atoms with E-state index < -0.39 is 0 Å². The lowest BCUT2D eigenvalue weighted by Gasteiger charge is -2.17. The molecule has 1 aliphatic carbocycles. The zero-order valence-corrected chi connectivity index (χ0v) is 15.3. The molecule has 0 aromatic heterocycles. The van der Waals surface area contributed by atoms with Crippen molar-refractivity contribution in [1.82, 2.24) is 10.2 Å². The second kappa shape index (κ2) is 8.15. The van der Waals surface area contributed by atoms with Crippen LogP contribution in [-0.2, 0) is 24.2 Å². The number of amides is 2. The Morgan fingerprint density at radius 1 is 1.04 bits per heavy atom. The third-order valence-corrected chi connectivity index (χ3v) is 4.69. The van der Waals surface area contributed by atoms with Crippen LogP contribution in [0.2, 0.25) is 0 Å². The van der Waals surface area contributed by atoms with E-state index in [2.05, 4.69) is 22.8 Å². The summed E-state index contributed by atoms with van der Waals surface area (Å²) in [6.45, 7) is 0.958. The molecule has 0 spiro atoms. The SMILES string of the molecule is CNC(=O)c1ccc(CN(C)CC(=O)Nc2ccc3c(c2)CCC3)cc1. The lowest BCUT2D eigenvalue weighted by molar-refractivity contribution is -0.117. The van der Waals surface area contributed by atoms with E-state index in [1.54, 1.807) is 19.2 Å². The Morgan fingerprint density at radius 3 is 2.50 bits per heavy atom. The van der Waals surface area contributed by atoms with Crippen LogP contribution >= 0.6 is 0 Å². The summed E-state index contributed by atoms with van der Waals surface area (Å²) < 4.78 is 0. The second-order valence-corrected chi connectivity index (χ2v) is 6.83. The lowest BCUT2D eigenvalue weighted by atomic mass is 10.1. The molecule has 0 heterocycles. The monoisotopic (exact) mass is 351 g/mol. The van der Waals surface area contributed by atoms with E-state index in [-0.39, 0.29) is 11.8 Å². The van der Waals surface area contributed by atoms with Crippen LogP contribution < -0.4 is 10.6 Å². The van der Waals surface area contributed by atoms with Gasteiger partial charge in [-0.3, -0.25) is 14.5 Å². The number of hydrogen-bond acceptors (Lipinski definition) is 3. The molecule has 5 heteroatoms. The van der Waals surface area contributed by atoms with Gasteiger partial charge in [0.25, 0.3) is 5.91 Å². The molecule has 0 atom stereocenters. The number of hydrogen-bond donors (Lipinski definition) is 2. The van der Waals surface area contributed by atoms with Crippen LogP contribution in [0.3, 0.4) is 0 Å². The summed E-state index contributed by atoms with van der Waals surface area (Å²) in [6.07, 6.45) is 3.45. The van der Waals surface area contributed by atoms with Gasteiger partial charge in [0, 0.05) is 24.8 Å². The predicted molar refractivity (Wildman–Crippen MR) is 103 cm³/mol. The molecule has 0 saturated carbocycles. The molecule has 2 aromatic rings. The van der Waals surface area contributed by atoms with Gasteiger partial charge < -0.3 is 10.6 Å². The van der Waals surface area contributed by atoms with E-state index >= 15 is 0 Å². The average molecular weight is 351 g/mol. The summed E-state index contributed by atoms with van der Waals surface area (Å²) in [4.78, 5) is 25.8. The van der Waals surface area contributed by atoms with Crippen molar-refractivity contribution in [1.29, 1.82) is 0 Å². The molecule has 26 heavy (non-hydrogen) atoms. The second-order valence-electron chi connectivity index (χ2n) is 6.83. The molecule has 2 N–H and O–H groups in total. The molecule has 5 nitrogen and oxygen atoms in total. The number of benzene rings is 2. The summed E-state index contributed by atoms with van der Waals surface area (Å²) in [5.41, 5.74) is 5.32. The highest BCUT2D eigenvalue weighted by atomic mass is 16.2. The third kappa shape index (κ3) is 4.49. The van der Waals surface area contributed by atoms with E-state index in [4.69, 9.17) is 0 Å². The first-order valence-corrected chi connectivity index (χ1v) is 8.96. The van der Waals surface area contributed by atoms with E-state index in [0.29, 0.717) is 18.7 Å². The van der Waals surface area contributed by atoms with Gasteiger partial charge in [-0.15, -0.1) is 0 Å². The first-order chi connectivity index (χ1) is 12.5. The highest BCUT2D eigenvalue weighted by Crippen LogP contribution is 2.24. The van der Waals surface area contributed by atoms with Crippen molar-refractivity contribution < 1.29 is 9.59 Å². The van der Waals surface area contributed by atoms with Gasteiger partial charge in [0.1, 0.15) is 0 Å². The number of aryl methyl sites for hydroxylation is 2. The molecule has 0 fully saturated rings. The van der Waals surface area contributed by atoms with Crippen LogP contribution in [0.1, 0.15) is 33.5 Å². The molecule has 2 aromatic carbocycles. The van der Waals surface area contributed by atoms with Crippen molar-refractivity contribution in [2.24, 2.45) is 0 Å². The Hall–Kier alpha value is -2.66. The molecule has 136 valence electrons. The van der Waals surface area contributed by atoms with Crippen molar-refractivity contribution in [3.63, 3.8) is 0 Å². The molecule has 0 aliphatic heterocycles. The van der Waals surface area contributed by atoms with Crippen molar-refractivity contribution in [2.45, 2.75) is 25.8 Å². The number of rotatable bonds is 6. The maximum atomic E-state index is 12.3.